The van der Waals surface area contributed by atoms with E-state index in [1.165, 1.54) is 62.6 Å². The molecule has 0 aromatic carbocycles. The maximum atomic E-state index is 11.8. The molecule has 0 aliphatic carbocycles. The number of thioether (sulfide) groups is 8. The van der Waals surface area contributed by atoms with Crippen LogP contribution in [0.2, 0.25) is 0 Å². The Morgan fingerprint density at radius 3 is 1.18 bits per heavy atom. The molecule has 8 nitrogen and oxygen atoms in total. The van der Waals surface area contributed by atoms with Crippen LogP contribution in [0.15, 0.2) is 25.4 Å². The van der Waals surface area contributed by atoms with E-state index < -0.39 is 7.15 Å². The number of ether oxygens (including phenoxy) is 2. The molecule has 0 aromatic heterocycles. The molecular formula is C27H39FO8S8. The molecule has 2 rings (SSSR count). The van der Waals surface area contributed by atoms with E-state index in [0.29, 0.717) is 37.6 Å². The number of carbonyl (C=O) groups is 2. The van der Waals surface area contributed by atoms with Crippen LogP contribution >= 0.6 is 94.1 Å². The molecule has 0 saturated heterocycles. The van der Waals surface area contributed by atoms with Crippen molar-refractivity contribution in [2.24, 2.45) is 0 Å². The van der Waals surface area contributed by atoms with E-state index in [4.69, 9.17) is 30.0 Å². The van der Waals surface area contributed by atoms with Gasteiger partial charge in [0.1, 0.15) is 0 Å². The number of unbranched alkanes of at least 4 members (excludes halogenated alkanes) is 2. The lowest BCUT2D eigenvalue weighted by Gasteiger charge is -2.05. The summed E-state index contributed by atoms with van der Waals surface area (Å²) in [5.41, 5.74) is 0. The molecule has 0 saturated carbocycles. The summed E-state index contributed by atoms with van der Waals surface area (Å²) in [5.74, 6) is 3.43. The monoisotopic (exact) mass is 767 g/mol. The van der Waals surface area contributed by atoms with Gasteiger partial charge in [-0.25, -0.2) is 0 Å². The van der Waals surface area contributed by atoms with Crippen molar-refractivity contribution in [1.82, 2.24) is 0 Å². The highest BCUT2D eigenvalue weighted by atomic mass is 32.3. The second-order valence-corrected chi connectivity index (χ2v) is 17.6. The predicted molar refractivity (Wildman–Crippen MR) is 191 cm³/mol. The third kappa shape index (κ3) is 22.2. The highest BCUT2D eigenvalue weighted by Crippen LogP contribution is 2.66. The van der Waals surface area contributed by atoms with E-state index in [9.17, 15) is 14.0 Å². The molecule has 0 N–H and O–H groups in total. The van der Waals surface area contributed by atoms with Crippen LogP contribution < -0.4 is 0 Å². The molecule has 0 radical (unpaired) electrons. The van der Waals surface area contributed by atoms with Gasteiger partial charge in [0.05, 0.1) is 60.0 Å². The van der Waals surface area contributed by atoms with Crippen molar-refractivity contribution in [3.8, 4) is 0 Å². The van der Waals surface area contributed by atoms with Gasteiger partial charge in [-0.1, -0.05) is 73.7 Å². The summed E-state index contributed by atoms with van der Waals surface area (Å²) < 4.78 is 33.7. The van der Waals surface area contributed by atoms with Gasteiger partial charge in [0.25, 0.3) is 0 Å². The quantitative estimate of drug-likeness (QED) is 0.0972. The first-order valence-electron chi connectivity index (χ1n) is 14.1. The van der Waals surface area contributed by atoms with Crippen molar-refractivity contribution in [3.05, 3.63) is 25.4 Å². The van der Waals surface area contributed by atoms with Crippen molar-refractivity contribution in [2.75, 3.05) is 43.4 Å². The summed E-state index contributed by atoms with van der Waals surface area (Å²) in [7, 11) is -1.00. The van der Waals surface area contributed by atoms with Gasteiger partial charge in [0, 0.05) is 11.5 Å². The minimum absolute atomic E-state index is 0.148. The number of esters is 2. The van der Waals surface area contributed by atoms with Crippen molar-refractivity contribution in [1.29, 1.82) is 0 Å². The lowest BCUT2D eigenvalue weighted by atomic mass is 10.4. The molecular weight excluding hydrogens is 728 g/mol. The van der Waals surface area contributed by atoms with Crippen molar-refractivity contribution in [2.45, 2.75) is 66.2 Å². The standard InChI is InChI=1S/C24H36O4S8.CH3F.2CO2/c1-5-9-13-29-19-20(30-14-10-6-2)34-23(33-19)24-35-21(31-15-11-17(25)27-7-3)22(36-24)32-16-12-18(26)28-8-4;1-2;2*2-1-3/h5-16H2,1-4H3;1H3;;/i;1D;;. The topological polar surface area (TPSA) is 121 Å². The molecule has 0 fully saturated rings. The van der Waals surface area contributed by atoms with E-state index in [1.54, 1.807) is 23.5 Å². The van der Waals surface area contributed by atoms with E-state index in [0.717, 1.165) is 0 Å². The van der Waals surface area contributed by atoms with Gasteiger partial charge >= 0.3 is 24.2 Å². The van der Waals surface area contributed by atoms with Gasteiger partial charge in [0.15, 0.2) is 0 Å². The Morgan fingerprint density at radius 2 is 0.932 bits per heavy atom. The third-order valence-electron chi connectivity index (χ3n) is 4.39. The lowest BCUT2D eigenvalue weighted by Crippen LogP contribution is -2.04. The second-order valence-electron chi connectivity index (χ2n) is 7.51. The zero-order valence-electron chi connectivity index (χ0n) is 26.1. The number of halogens is 1. The Labute approximate surface area is 295 Å². The van der Waals surface area contributed by atoms with E-state index in [1.807, 2.05) is 84.4 Å². The predicted octanol–water partition coefficient (Wildman–Crippen LogP) is 9.18. The van der Waals surface area contributed by atoms with Crippen LogP contribution in [0.1, 0.15) is 67.6 Å². The van der Waals surface area contributed by atoms with Crippen LogP contribution in [0.5, 0.6) is 0 Å². The summed E-state index contributed by atoms with van der Waals surface area (Å²) in [6, 6.07) is 0. The molecule has 0 unspecified atom stereocenters. The minimum Gasteiger partial charge on any atom is -0.466 e. The summed E-state index contributed by atoms with van der Waals surface area (Å²) in [4.78, 5) is 56.1. The molecule has 0 amide bonds. The Balaban J connectivity index is 0. The second kappa shape index (κ2) is 32.6. The molecule has 0 atom stereocenters. The Morgan fingerprint density at radius 1 is 0.659 bits per heavy atom. The molecule has 0 spiro atoms. The van der Waals surface area contributed by atoms with Crippen LogP contribution in [-0.4, -0.2) is 67.6 Å². The zero-order valence-corrected chi connectivity index (χ0v) is 31.6. The van der Waals surface area contributed by atoms with Crippen LogP contribution in [0.25, 0.3) is 0 Å². The maximum Gasteiger partial charge on any atom is 0.373 e. The van der Waals surface area contributed by atoms with Gasteiger partial charge < -0.3 is 9.47 Å². The first-order valence-corrected chi connectivity index (χ1v) is 20.6. The van der Waals surface area contributed by atoms with Crippen molar-refractivity contribution >= 4 is 118 Å². The van der Waals surface area contributed by atoms with Gasteiger partial charge in [-0.3, -0.25) is 14.0 Å². The number of hydrogen-bond acceptors (Lipinski definition) is 16. The molecule has 2 aliphatic heterocycles. The molecule has 2 aliphatic rings. The van der Waals surface area contributed by atoms with Gasteiger partial charge in [-0.15, -0.1) is 47.0 Å². The number of rotatable bonds is 18. The van der Waals surface area contributed by atoms with E-state index in [-0.39, 0.29) is 24.2 Å². The van der Waals surface area contributed by atoms with Gasteiger partial charge in [0.2, 0.25) is 0 Å². The number of carbonyl (C=O) groups excluding carboxylic acids is 6. The number of hydrogen-bond donors (Lipinski definition) is 0. The largest absolute Gasteiger partial charge is 0.466 e. The fraction of sp³-hybridized carbons (Fsp3) is 0.630. The molecule has 250 valence electrons. The summed E-state index contributed by atoms with van der Waals surface area (Å²) in [6.07, 6.45) is 6.23. The molecule has 44 heavy (non-hydrogen) atoms. The fourth-order valence-corrected chi connectivity index (χ4v) is 14.9. The van der Waals surface area contributed by atoms with Gasteiger partial charge in [-0.2, -0.15) is 19.2 Å². The average Bonchev–Trinajstić information content (AvgIpc) is 3.59. The molecule has 2 heterocycles. The summed E-state index contributed by atoms with van der Waals surface area (Å²) in [5, 5.41) is 0. The Hall–Kier alpha value is -0.350. The van der Waals surface area contributed by atoms with Gasteiger partial charge in [-0.05, 0) is 38.2 Å². The normalized spacial score (nSPS) is 13.8. The summed E-state index contributed by atoms with van der Waals surface area (Å²) in [6.45, 7) is 9.00. The highest BCUT2D eigenvalue weighted by molar-refractivity contribution is 8.45. The van der Waals surface area contributed by atoms with Crippen LogP contribution in [0.3, 0.4) is 0 Å². The van der Waals surface area contributed by atoms with Crippen LogP contribution in [-0.2, 0) is 38.2 Å². The first kappa shape index (κ1) is 43.6. The number of alkyl halides is 1. The zero-order chi connectivity index (χ0) is 34.3. The van der Waals surface area contributed by atoms with Crippen molar-refractivity contribution in [3.63, 3.8) is 0 Å². The third-order valence-corrected chi connectivity index (χ3v) is 16.1. The maximum absolute atomic E-state index is 11.8. The average molecular weight is 768 g/mol. The lowest BCUT2D eigenvalue weighted by molar-refractivity contribution is -0.193. The molecule has 17 heteroatoms. The SMILES string of the molecule is CCCCSC1=C(SCCCC)SC(=C2SC(SCCC(=O)OCC)=C(SCCC(=O)OCC)S2)S1.O=C=O.O=C=O.[2H]CF. The molecule has 0 bridgehead atoms. The summed E-state index contributed by atoms with van der Waals surface area (Å²) >= 11 is 14.9. The first-order chi connectivity index (χ1) is 21.8. The molecule has 0 aromatic rings. The Bertz CT molecular complexity index is 956. The smallest absolute Gasteiger partial charge is 0.373 e. The van der Waals surface area contributed by atoms with Crippen molar-refractivity contribution < 1.29 is 44.0 Å². The minimum atomic E-state index is -1.00. The van der Waals surface area contributed by atoms with Crippen LogP contribution in [0, 0.1) is 0 Å². The highest BCUT2D eigenvalue weighted by Gasteiger charge is 2.31. The van der Waals surface area contributed by atoms with E-state index >= 15 is 0 Å². The van der Waals surface area contributed by atoms with E-state index in [2.05, 4.69) is 13.8 Å². The Kier molecular flexibility index (Phi) is 32.3. The van der Waals surface area contributed by atoms with Crippen LogP contribution in [0.4, 0.5) is 4.39 Å². The fourth-order valence-electron chi connectivity index (χ4n) is 2.60.